The first-order valence-electron chi connectivity index (χ1n) is 8.66. The van der Waals surface area contributed by atoms with Crippen molar-refractivity contribution in [1.29, 1.82) is 0 Å². The molecule has 2 aliphatic heterocycles. The Bertz CT molecular complexity index is 550. The lowest BCUT2D eigenvalue weighted by Crippen LogP contribution is -2.53. The maximum Gasteiger partial charge on any atom is 0.176 e. The number of aliphatic hydroxyl groups excluding tert-OH is 1. The Hall–Kier alpha value is -1.24. The maximum absolute atomic E-state index is 9.51. The molecule has 0 spiro atoms. The number of nitrogens with zero attached hydrogens (tertiary/aromatic N) is 1. The monoisotopic (exact) mass is 333 g/mol. The zero-order valence-corrected chi connectivity index (χ0v) is 14.4. The molecule has 5 heteroatoms. The van der Waals surface area contributed by atoms with Gasteiger partial charge in [0.1, 0.15) is 12.2 Å². The number of morpholine rings is 1. The highest BCUT2D eigenvalue weighted by atomic mass is 16.8. The highest BCUT2D eigenvalue weighted by molar-refractivity contribution is 5.16. The summed E-state index contributed by atoms with van der Waals surface area (Å²) in [5.74, 6) is 0. The van der Waals surface area contributed by atoms with Crippen LogP contribution in [0.3, 0.4) is 0 Å². The lowest BCUT2D eigenvalue weighted by molar-refractivity contribution is -0.283. The van der Waals surface area contributed by atoms with Gasteiger partial charge in [-0.1, -0.05) is 43.8 Å². The zero-order valence-electron chi connectivity index (χ0n) is 14.4. The number of aliphatic hydroxyl groups is 1. The van der Waals surface area contributed by atoms with E-state index in [4.69, 9.17) is 14.3 Å². The molecule has 1 aromatic rings. The van der Waals surface area contributed by atoms with Crippen LogP contribution in [0.15, 0.2) is 42.5 Å². The molecule has 132 valence electrons. The van der Waals surface area contributed by atoms with Crippen LogP contribution in [0.2, 0.25) is 0 Å². The third-order valence-electron chi connectivity index (χ3n) is 4.73. The van der Waals surface area contributed by atoms with Crippen molar-refractivity contribution in [2.75, 3.05) is 13.2 Å². The minimum atomic E-state index is -0.385. The van der Waals surface area contributed by atoms with Crippen LogP contribution in [0.4, 0.5) is 0 Å². The number of fused-ring (bicyclic) bond motifs is 2. The first-order chi connectivity index (χ1) is 11.6. The summed E-state index contributed by atoms with van der Waals surface area (Å²) in [6.45, 7) is 8.66. The Balaban J connectivity index is 1.78. The second kappa shape index (κ2) is 7.76. The molecule has 0 aliphatic carbocycles. The molecule has 0 aromatic heterocycles. The van der Waals surface area contributed by atoms with Gasteiger partial charge in [0.15, 0.2) is 6.29 Å². The summed E-state index contributed by atoms with van der Waals surface area (Å²) < 4.78 is 11.9. The smallest absolute Gasteiger partial charge is 0.176 e. The minimum Gasteiger partial charge on any atom is -0.394 e. The van der Waals surface area contributed by atoms with Crippen molar-refractivity contribution >= 4 is 0 Å². The molecule has 0 amide bonds. The van der Waals surface area contributed by atoms with Crippen molar-refractivity contribution in [2.45, 2.75) is 57.3 Å². The molecular weight excluding hydrogens is 306 g/mol. The van der Waals surface area contributed by atoms with Crippen molar-refractivity contribution in [2.24, 2.45) is 0 Å². The van der Waals surface area contributed by atoms with Crippen molar-refractivity contribution in [1.82, 2.24) is 5.06 Å². The van der Waals surface area contributed by atoms with E-state index in [0.717, 1.165) is 18.4 Å². The van der Waals surface area contributed by atoms with Crippen LogP contribution in [0.5, 0.6) is 0 Å². The number of rotatable bonds is 7. The van der Waals surface area contributed by atoms with E-state index < -0.39 is 0 Å². The van der Waals surface area contributed by atoms with E-state index in [1.807, 2.05) is 30.2 Å². The number of ether oxygens (including phenoxy) is 2. The summed E-state index contributed by atoms with van der Waals surface area (Å²) in [5, 5.41) is 11.5. The van der Waals surface area contributed by atoms with E-state index in [1.54, 1.807) is 0 Å². The first-order valence-corrected chi connectivity index (χ1v) is 8.66. The van der Waals surface area contributed by atoms with Crippen LogP contribution in [-0.4, -0.2) is 54.0 Å². The highest BCUT2D eigenvalue weighted by Crippen LogP contribution is 2.33. The lowest BCUT2D eigenvalue weighted by Gasteiger charge is -2.39. The van der Waals surface area contributed by atoms with Gasteiger partial charge < -0.3 is 14.6 Å². The minimum absolute atomic E-state index is 0.0200. The molecule has 2 heterocycles. The molecule has 2 bridgehead atoms. The summed E-state index contributed by atoms with van der Waals surface area (Å²) in [7, 11) is 0. The van der Waals surface area contributed by atoms with Gasteiger partial charge in [-0.25, -0.2) is 0 Å². The van der Waals surface area contributed by atoms with Gasteiger partial charge in [-0.3, -0.25) is 4.84 Å². The van der Waals surface area contributed by atoms with Gasteiger partial charge in [-0.15, -0.1) is 0 Å². The Kier molecular flexibility index (Phi) is 5.69. The third-order valence-corrected chi connectivity index (χ3v) is 4.73. The summed E-state index contributed by atoms with van der Waals surface area (Å²) in [5.41, 5.74) is 2.21. The Morgan fingerprint density at radius 2 is 2.12 bits per heavy atom. The summed E-state index contributed by atoms with van der Waals surface area (Å²) >= 11 is 0. The number of hydroxylamine groups is 2. The van der Waals surface area contributed by atoms with Gasteiger partial charge in [0.2, 0.25) is 0 Å². The molecule has 0 saturated carbocycles. The van der Waals surface area contributed by atoms with Crippen LogP contribution in [0.25, 0.3) is 0 Å². The molecule has 0 unspecified atom stereocenters. The number of hydrogen-bond acceptors (Lipinski definition) is 5. The molecule has 1 N–H and O–H groups in total. The highest BCUT2D eigenvalue weighted by Gasteiger charge is 2.48. The Morgan fingerprint density at radius 1 is 1.38 bits per heavy atom. The molecular formula is C19H27NO4. The summed E-state index contributed by atoms with van der Waals surface area (Å²) in [6, 6.07) is 10.2. The van der Waals surface area contributed by atoms with Crippen LogP contribution in [0, 0.1) is 0 Å². The fourth-order valence-electron chi connectivity index (χ4n) is 3.35. The Morgan fingerprint density at radius 3 is 2.75 bits per heavy atom. The van der Waals surface area contributed by atoms with E-state index >= 15 is 0 Å². The number of benzene rings is 1. The zero-order chi connectivity index (χ0) is 17.1. The quantitative estimate of drug-likeness (QED) is 0.776. The predicted molar refractivity (Wildman–Crippen MR) is 91.2 cm³/mol. The van der Waals surface area contributed by atoms with E-state index in [0.29, 0.717) is 6.54 Å². The Labute approximate surface area is 143 Å². The van der Waals surface area contributed by atoms with E-state index in [2.05, 4.69) is 25.6 Å². The molecule has 3 rings (SSSR count). The second-order valence-corrected chi connectivity index (χ2v) is 6.61. The SMILES string of the molecule is C=C(C)[C@H](CC)ON1C[C@@H]2O[C@@H](O[C@H]2CO)[C@H]1Cc1ccccc1. The average Bonchev–Trinajstić information content (AvgIpc) is 2.94. The molecule has 2 fully saturated rings. The fourth-order valence-corrected chi connectivity index (χ4v) is 3.35. The van der Waals surface area contributed by atoms with Gasteiger partial charge >= 0.3 is 0 Å². The van der Waals surface area contributed by atoms with Crippen LogP contribution < -0.4 is 0 Å². The second-order valence-electron chi connectivity index (χ2n) is 6.61. The van der Waals surface area contributed by atoms with Crippen molar-refractivity contribution in [3.63, 3.8) is 0 Å². The van der Waals surface area contributed by atoms with Crippen LogP contribution >= 0.6 is 0 Å². The normalized spacial score (nSPS) is 31.1. The van der Waals surface area contributed by atoms with Crippen molar-refractivity contribution in [3.05, 3.63) is 48.0 Å². The van der Waals surface area contributed by atoms with E-state index in [-0.39, 0.29) is 37.3 Å². The third kappa shape index (κ3) is 3.71. The summed E-state index contributed by atoms with van der Waals surface area (Å²) in [6.07, 6.45) is 0.784. The maximum atomic E-state index is 9.51. The van der Waals surface area contributed by atoms with Gasteiger partial charge in [0.25, 0.3) is 0 Å². The average molecular weight is 333 g/mol. The van der Waals surface area contributed by atoms with Crippen LogP contribution in [-0.2, 0) is 20.7 Å². The molecule has 2 aliphatic rings. The largest absolute Gasteiger partial charge is 0.394 e. The van der Waals surface area contributed by atoms with Crippen molar-refractivity contribution in [3.8, 4) is 0 Å². The number of hydrogen-bond donors (Lipinski definition) is 1. The van der Waals surface area contributed by atoms with Crippen LogP contribution in [0.1, 0.15) is 25.8 Å². The molecule has 5 nitrogen and oxygen atoms in total. The van der Waals surface area contributed by atoms with E-state index in [9.17, 15) is 5.11 Å². The molecule has 0 radical (unpaired) electrons. The molecule has 2 saturated heterocycles. The summed E-state index contributed by atoms with van der Waals surface area (Å²) in [4.78, 5) is 6.25. The molecule has 5 atom stereocenters. The topological polar surface area (TPSA) is 51.2 Å². The molecule has 1 aromatic carbocycles. The lowest BCUT2D eigenvalue weighted by atomic mass is 10.0. The van der Waals surface area contributed by atoms with E-state index in [1.165, 1.54) is 5.56 Å². The van der Waals surface area contributed by atoms with Gasteiger partial charge in [-0.2, -0.15) is 5.06 Å². The van der Waals surface area contributed by atoms with Crippen molar-refractivity contribution < 1.29 is 19.4 Å². The van der Waals surface area contributed by atoms with Gasteiger partial charge in [0, 0.05) is 0 Å². The van der Waals surface area contributed by atoms with Gasteiger partial charge in [0.05, 0.1) is 25.3 Å². The van der Waals surface area contributed by atoms with Gasteiger partial charge in [-0.05, 0) is 30.9 Å². The first kappa shape index (κ1) is 17.6. The predicted octanol–water partition coefficient (Wildman–Crippen LogP) is 2.30. The standard InChI is InChI=1S/C19H27NO4/c1-4-16(13(2)3)24-20-11-17-18(12-21)23-19(22-17)15(20)10-14-8-6-5-7-9-14/h5-9,15-19,21H,2,4,10-12H2,1,3H3/t15-,16+,17+,18+,19+/m1/s1. The molecule has 24 heavy (non-hydrogen) atoms. The fraction of sp³-hybridized carbons (Fsp3) is 0.579.